The van der Waals surface area contributed by atoms with E-state index in [1.807, 2.05) is 67.6 Å². The van der Waals surface area contributed by atoms with E-state index in [2.05, 4.69) is 10.1 Å². The van der Waals surface area contributed by atoms with Crippen LogP contribution in [0.2, 0.25) is 0 Å². The summed E-state index contributed by atoms with van der Waals surface area (Å²) in [5, 5.41) is 5.23. The third kappa shape index (κ3) is 2.63. The average Bonchev–Trinajstić information content (AvgIpc) is 2.83. The van der Waals surface area contributed by atoms with Gasteiger partial charge in [0, 0.05) is 12.1 Å². The van der Waals surface area contributed by atoms with E-state index in [1.165, 1.54) is 0 Å². The molecule has 1 aliphatic carbocycles. The fraction of sp³-hybridized carbons (Fsp3) is 0.150. The predicted molar refractivity (Wildman–Crippen MR) is 99.7 cm³/mol. The van der Waals surface area contributed by atoms with E-state index in [9.17, 15) is 4.79 Å². The lowest BCUT2D eigenvalue weighted by molar-refractivity contribution is 0.852. The summed E-state index contributed by atoms with van der Waals surface area (Å²) in [4.78, 5) is 17.7. The second kappa shape index (κ2) is 6.36. The molecule has 0 radical (unpaired) electrons. The van der Waals surface area contributed by atoms with E-state index in [0.717, 1.165) is 17.1 Å². The minimum Gasteiger partial charge on any atom is -0.270 e. The Morgan fingerprint density at radius 1 is 1.12 bits per heavy atom. The van der Waals surface area contributed by atoms with Gasteiger partial charge in [-0.3, -0.25) is 9.36 Å². The zero-order valence-corrected chi connectivity index (χ0v) is 14.0. The second-order valence-electron chi connectivity index (χ2n) is 5.84. The summed E-state index contributed by atoms with van der Waals surface area (Å²) in [6.07, 6.45) is 12.8. The lowest BCUT2D eigenvalue weighted by atomic mass is 10.2. The van der Waals surface area contributed by atoms with Gasteiger partial charge in [-0.2, -0.15) is 5.10 Å². The van der Waals surface area contributed by atoms with Crippen LogP contribution in [0.15, 0.2) is 71.8 Å². The third-order valence-electron chi connectivity index (χ3n) is 4.28. The van der Waals surface area contributed by atoms with Crippen LogP contribution in [0.25, 0.3) is 22.4 Å². The van der Waals surface area contributed by atoms with Crippen LogP contribution in [0.5, 0.6) is 0 Å². The number of aromatic nitrogens is 4. The fourth-order valence-electron chi connectivity index (χ4n) is 3.02. The summed E-state index contributed by atoms with van der Waals surface area (Å²) in [5.74, 6) is 0. The van der Waals surface area contributed by atoms with Crippen LogP contribution in [0, 0.1) is 0 Å². The van der Waals surface area contributed by atoms with Gasteiger partial charge < -0.3 is 0 Å². The highest BCUT2D eigenvalue weighted by atomic mass is 16.1. The van der Waals surface area contributed by atoms with Crippen molar-refractivity contribution in [1.29, 1.82) is 0 Å². The molecule has 0 saturated heterocycles. The lowest BCUT2D eigenvalue weighted by Crippen LogP contribution is -2.20. The topological polar surface area (TPSA) is 52.7 Å². The molecule has 0 spiro atoms. The molecule has 2 heterocycles. The van der Waals surface area contributed by atoms with Gasteiger partial charge in [0.15, 0.2) is 5.65 Å². The number of allylic oxidation sites excluding steroid dienone is 6. The van der Waals surface area contributed by atoms with Crippen LogP contribution in [0.1, 0.15) is 19.0 Å². The first kappa shape index (κ1) is 15.3. The van der Waals surface area contributed by atoms with Crippen molar-refractivity contribution in [2.45, 2.75) is 19.8 Å². The predicted octanol–water partition coefficient (Wildman–Crippen LogP) is 3.50. The van der Waals surface area contributed by atoms with Gasteiger partial charge in [-0.05, 0) is 24.6 Å². The number of rotatable bonds is 3. The van der Waals surface area contributed by atoms with Crippen LogP contribution < -0.4 is 5.56 Å². The first-order valence-corrected chi connectivity index (χ1v) is 8.37. The van der Waals surface area contributed by atoms with Gasteiger partial charge in [-0.1, -0.05) is 49.4 Å². The SMILES string of the molecule is CCc1nn(-c2ccccc2)c2ncn(C3=CC=CC=CC3)c(=O)c12. The number of benzene rings is 1. The highest BCUT2D eigenvalue weighted by Gasteiger charge is 2.17. The van der Waals surface area contributed by atoms with Crippen molar-refractivity contribution in [1.82, 2.24) is 19.3 Å². The first-order valence-electron chi connectivity index (χ1n) is 8.37. The highest BCUT2D eigenvalue weighted by molar-refractivity contribution is 5.79. The molecule has 5 nitrogen and oxygen atoms in total. The van der Waals surface area contributed by atoms with Crippen molar-refractivity contribution < 1.29 is 0 Å². The van der Waals surface area contributed by atoms with E-state index in [0.29, 0.717) is 23.9 Å². The molecule has 0 aliphatic heterocycles. The van der Waals surface area contributed by atoms with Crippen LogP contribution in [-0.4, -0.2) is 19.3 Å². The quantitative estimate of drug-likeness (QED) is 0.738. The summed E-state index contributed by atoms with van der Waals surface area (Å²) in [6.45, 7) is 2.00. The van der Waals surface area contributed by atoms with Crippen molar-refractivity contribution in [3.8, 4) is 5.69 Å². The van der Waals surface area contributed by atoms with Gasteiger partial charge in [0.05, 0.1) is 11.4 Å². The molecule has 124 valence electrons. The largest absolute Gasteiger partial charge is 0.270 e. The Labute approximate surface area is 145 Å². The standard InChI is InChI=1S/C20H18N4O/c1-2-17-18-19(24(22-17)16-12-8-5-9-13-16)21-14-23(20(18)25)15-10-6-3-4-7-11-15/h3-10,12-14H,2,11H2,1H3. The normalized spacial score (nSPS) is 13.9. The van der Waals surface area contributed by atoms with Crippen molar-refractivity contribution in [3.63, 3.8) is 0 Å². The number of hydrogen-bond donors (Lipinski definition) is 0. The highest BCUT2D eigenvalue weighted by Crippen LogP contribution is 2.19. The fourth-order valence-corrected chi connectivity index (χ4v) is 3.02. The number of aryl methyl sites for hydroxylation is 1. The molecule has 1 aliphatic rings. The second-order valence-corrected chi connectivity index (χ2v) is 5.84. The molecule has 0 fully saturated rings. The molecule has 3 aromatic rings. The zero-order chi connectivity index (χ0) is 17.2. The van der Waals surface area contributed by atoms with Crippen molar-refractivity contribution in [2.75, 3.05) is 0 Å². The smallest absolute Gasteiger partial charge is 0.269 e. The van der Waals surface area contributed by atoms with Crippen LogP contribution in [-0.2, 0) is 6.42 Å². The number of nitrogens with zero attached hydrogens (tertiary/aromatic N) is 4. The molecule has 0 unspecified atom stereocenters. The average molecular weight is 330 g/mol. The summed E-state index contributed by atoms with van der Waals surface area (Å²) >= 11 is 0. The van der Waals surface area contributed by atoms with E-state index in [1.54, 1.807) is 15.6 Å². The molecule has 25 heavy (non-hydrogen) atoms. The third-order valence-corrected chi connectivity index (χ3v) is 4.28. The molecule has 1 aromatic carbocycles. The maximum atomic E-state index is 13.1. The summed E-state index contributed by atoms with van der Waals surface area (Å²) in [7, 11) is 0. The van der Waals surface area contributed by atoms with Gasteiger partial charge in [0.1, 0.15) is 11.7 Å². The van der Waals surface area contributed by atoms with Crippen molar-refractivity contribution in [2.24, 2.45) is 0 Å². The molecule has 0 saturated carbocycles. The van der Waals surface area contributed by atoms with Crippen molar-refractivity contribution >= 4 is 16.7 Å². The van der Waals surface area contributed by atoms with Crippen LogP contribution in [0.4, 0.5) is 0 Å². The molecule has 0 bridgehead atoms. The van der Waals surface area contributed by atoms with E-state index >= 15 is 0 Å². The number of hydrogen-bond acceptors (Lipinski definition) is 3. The molecule has 0 atom stereocenters. The van der Waals surface area contributed by atoms with Crippen LogP contribution in [0.3, 0.4) is 0 Å². The minimum atomic E-state index is -0.0704. The lowest BCUT2D eigenvalue weighted by Gasteiger charge is -2.08. The Morgan fingerprint density at radius 2 is 1.96 bits per heavy atom. The molecule has 0 amide bonds. The number of fused-ring (bicyclic) bond motifs is 1. The molecule has 4 rings (SSSR count). The summed E-state index contributed by atoms with van der Waals surface area (Å²) < 4.78 is 3.37. The maximum absolute atomic E-state index is 13.1. The van der Waals surface area contributed by atoms with Gasteiger partial charge in [-0.15, -0.1) is 0 Å². The molecule has 5 heteroatoms. The summed E-state index contributed by atoms with van der Waals surface area (Å²) in [6, 6.07) is 9.77. The Balaban J connectivity index is 1.96. The first-order chi connectivity index (χ1) is 12.3. The maximum Gasteiger partial charge on any atom is 0.269 e. The molecular formula is C20H18N4O. The Bertz CT molecular complexity index is 1070. The van der Waals surface area contributed by atoms with E-state index in [4.69, 9.17) is 0 Å². The van der Waals surface area contributed by atoms with Gasteiger partial charge in [0.25, 0.3) is 5.56 Å². The molecule has 0 N–H and O–H groups in total. The van der Waals surface area contributed by atoms with Gasteiger partial charge in [0.2, 0.25) is 0 Å². The van der Waals surface area contributed by atoms with Crippen LogP contribution >= 0.6 is 0 Å². The van der Waals surface area contributed by atoms with Gasteiger partial charge in [-0.25, -0.2) is 9.67 Å². The van der Waals surface area contributed by atoms with E-state index in [-0.39, 0.29) is 5.56 Å². The molecular weight excluding hydrogens is 312 g/mol. The number of para-hydroxylation sites is 1. The Hall–Kier alpha value is -3.21. The Kier molecular flexibility index (Phi) is 3.90. The zero-order valence-electron chi connectivity index (χ0n) is 14.0. The van der Waals surface area contributed by atoms with Crippen molar-refractivity contribution in [3.05, 3.63) is 83.1 Å². The van der Waals surface area contributed by atoms with E-state index < -0.39 is 0 Å². The van der Waals surface area contributed by atoms with Gasteiger partial charge >= 0.3 is 0 Å². The monoisotopic (exact) mass is 330 g/mol. The summed E-state index contributed by atoms with van der Waals surface area (Å²) in [5.41, 5.74) is 3.10. The molecule has 2 aromatic heterocycles. The minimum absolute atomic E-state index is 0.0704. The Morgan fingerprint density at radius 3 is 2.76 bits per heavy atom.